The minimum absolute atomic E-state index is 0.0324. The van der Waals surface area contributed by atoms with Crippen molar-refractivity contribution in [2.24, 2.45) is 11.5 Å². The van der Waals surface area contributed by atoms with Crippen LogP contribution in [0.3, 0.4) is 0 Å². The van der Waals surface area contributed by atoms with Crippen molar-refractivity contribution in [3.05, 3.63) is 35.4 Å². The average Bonchev–Trinajstić information content (AvgIpc) is 2.36. The fourth-order valence-corrected chi connectivity index (χ4v) is 1.46. The molecule has 0 spiro atoms. The van der Waals surface area contributed by atoms with E-state index in [1.54, 1.807) is 24.3 Å². The van der Waals surface area contributed by atoms with Crippen LogP contribution in [0.1, 0.15) is 11.1 Å². The first-order valence-corrected chi connectivity index (χ1v) is 5.58. The van der Waals surface area contributed by atoms with Crippen LogP contribution in [-0.4, -0.2) is 35.4 Å². The third kappa shape index (κ3) is 4.76. The van der Waals surface area contributed by atoms with E-state index in [-0.39, 0.29) is 12.3 Å². The molecular formula is C12H16N4O3. The molecule has 0 saturated heterocycles. The minimum Gasteiger partial charge on any atom is -0.480 e. The Balaban J connectivity index is 2.56. The van der Waals surface area contributed by atoms with E-state index in [0.29, 0.717) is 5.56 Å². The Bertz CT molecular complexity index is 484. The van der Waals surface area contributed by atoms with Crippen molar-refractivity contribution < 1.29 is 14.7 Å². The van der Waals surface area contributed by atoms with Crippen LogP contribution in [-0.2, 0) is 16.0 Å². The third-order valence-corrected chi connectivity index (χ3v) is 2.47. The van der Waals surface area contributed by atoms with Gasteiger partial charge in [0.1, 0.15) is 12.4 Å². The lowest BCUT2D eigenvalue weighted by atomic mass is 10.0. The van der Waals surface area contributed by atoms with Crippen molar-refractivity contribution in [2.45, 2.75) is 12.5 Å². The molecule has 0 aliphatic carbocycles. The van der Waals surface area contributed by atoms with Gasteiger partial charge in [0.05, 0.1) is 6.04 Å². The highest BCUT2D eigenvalue weighted by Crippen LogP contribution is 2.06. The Morgan fingerprint density at radius 1 is 1.32 bits per heavy atom. The molecule has 7 heteroatoms. The number of carboxylic acids is 1. The number of carbonyl (C=O) groups excluding carboxylic acids is 1. The van der Waals surface area contributed by atoms with Crippen molar-refractivity contribution >= 4 is 17.7 Å². The van der Waals surface area contributed by atoms with Gasteiger partial charge in [0.15, 0.2) is 0 Å². The van der Waals surface area contributed by atoms with Gasteiger partial charge in [-0.15, -0.1) is 0 Å². The van der Waals surface area contributed by atoms with E-state index in [9.17, 15) is 9.59 Å². The van der Waals surface area contributed by atoms with Gasteiger partial charge in [-0.25, -0.2) is 0 Å². The van der Waals surface area contributed by atoms with Crippen LogP contribution in [0.25, 0.3) is 0 Å². The number of hydrogen-bond donors (Lipinski definition) is 5. The van der Waals surface area contributed by atoms with Gasteiger partial charge in [-0.05, 0) is 12.0 Å². The lowest BCUT2D eigenvalue weighted by molar-refractivity contribution is -0.138. The summed E-state index contributed by atoms with van der Waals surface area (Å²) in [6.45, 7) is -0.449. The molecule has 0 heterocycles. The Labute approximate surface area is 110 Å². The molecule has 102 valence electrons. The first kappa shape index (κ1) is 14.7. The molecule has 0 radical (unpaired) electrons. The van der Waals surface area contributed by atoms with E-state index in [0.717, 1.165) is 5.56 Å². The predicted molar refractivity (Wildman–Crippen MR) is 69.8 cm³/mol. The minimum atomic E-state index is -1.12. The topological polar surface area (TPSA) is 142 Å². The molecule has 7 N–H and O–H groups in total. The third-order valence-electron chi connectivity index (χ3n) is 2.47. The van der Waals surface area contributed by atoms with Crippen LogP contribution in [0.15, 0.2) is 24.3 Å². The Kier molecular flexibility index (Phi) is 5.01. The zero-order valence-electron chi connectivity index (χ0n) is 10.2. The van der Waals surface area contributed by atoms with Crippen molar-refractivity contribution in [3.63, 3.8) is 0 Å². The summed E-state index contributed by atoms with van der Waals surface area (Å²) in [7, 11) is 0. The number of amidine groups is 1. The summed E-state index contributed by atoms with van der Waals surface area (Å²) in [5.41, 5.74) is 12.4. The van der Waals surface area contributed by atoms with Gasteiger partial charge in [-0.3, -0.25) is 15.0 Å². The molecule has 0 bridgehead atoms. The molecule has 1 atom stereocenters. The molecule has 0 saturated carbocycles. The number of rotatable bonds is 6. The number of benzene rings is 1. The second-order valence-corrected chi connectivity index (χ2v) is 4.03. The van der Waals surface area contributed by atoms with Crippen LogP contribution in [0.2, 0.25) is 0 Å². The second-order valence-electron chi connectivity index (χ2n) is 4.03. The first-order chi connectivity index (χ1) is 8.90. The van der Waals surface area contributed by atoms with E-state index in [4.69, 9.17) is 22.0 Å². The number of carboxylic acid groups (broad SMARTS) is 1. The van der Waals surface area contributed by atoms with Crippen LogP contribution in [0.5, 0.6) is 0 Å². The summed E-state index contributed by atoms with van der Waals surface area (Å²) < 4.78 is 0. The fraction of sp³-hybridized carbons (Fsp3) is 0.250. The van der Waals surface area contributed by atoms with Gasteiger partial charge >= 0.3 is 5.97 Å². The number of nitrogen functional groups attached to an aromatic ring is 1. The number of amides is 1. The molecule has 1 rings (SSSR count). The smallest absolute Gasteiger partial charge is 0.322 e. The van der Waals surface area contributed by atoms with Gasteiger partial charge in [0.25, 0.3) is 0 Å². The highest BCUT2D eigenvalue weighted by Gasteiger charge is 2.14. The van der Waals surface area contributed by atoms with Gasteiger partial charge in [-0.2, -0.15) is 0 Å². The maximum Gasteiger partial charge on any atom is 0.322 e. The number of hydrogen-bond acceptors (Lipinski definition) is 4. The molecular weight excluding hydrogens is 248 g/mol. The van der Waals surface area contributed by atoms with Gasteiger partial charge < -0.3 is 21.9 Å². The van der Waals surface area contributed by atoms with Crippen molar-refractivity contribution in [1.82, 2.24) is 5.32 Å². The van der Waals surface area contributed by atoms with Gasteiger partial charge in [0.2, 0.25) is 5.91 Å². The Morgan fingerprint density at radius 2 is 1.89 bits per heavy atom. The summed E-state index contributed by atoms with van der Waals surface area (Å²) in [6.07, 6.45) is 0.281. The summed E-state index contributed by atoms with van der Waals surface area (Å²) in [5.74, 6) is -1.67. The maximum atomic E-state index is 11.5. The van der Waals surface area contributed by atoms with Crippen molar-refractivity contribution in [2.75, 3.05) is 6.54 Å². The van der Waals surface area contributed by atoms with E-state index < -0.39 is 24.5 Å². The molecule has 7 nitrogen and oxygen atoms in total. The zero-order chi connectivity index (χ0) is 14.4. The van der Waals surface area contributed by atoms with E-state index in [1.165, 1.54) is 0 Å². The zero-order valence-corrected chi connectivity index (χ0v) is 10.2. The lowest BCUT2D eigenvalue weighted by Gasteiger charge is -2.11. The molecule has 0 aromatic heterocycles. The Morgan fingerprint density at radius 3 is 2.37 bits per heavy atom. The van der Waals surface area contributed by atoms with Crippen LogP contribution < -0.4 is 16.8 Å². The number of aliphatic carboxylic acids is 1. The second kappa shape index (κ2) is 6.50. The quantitative estimate of drug-likeness (QED) is 0.332. The highest BCUT2D eigenvalue weighted by atomic mass is 16.4. The summed E-state index contributed by atoms with van der Waals surface area (Å²) in [4.78, 5) is 21.8. The standard InChI is InChI=1S/C12H16N4O3/c13-9(12(19)16-6-10(17)18)5-7-1-3-8(4-2-7)11(14)15/h1-4,9H,5-6,13H2,(H3,14,15)(H,16,19)(H,17,18). The summed E-state index contributed by atoms with van der Waals surface area (Å²) in [5, 5.41) is 17.9. The average molecular weight is 264 g/mol. The monoisotopic (exact) mass is 264 g/mol. The molecule has 0 aliphatic rings. The highest BCUT2D eigenvalue weighted by molar-refractivity contribution is 5.94. The Hall–Kier alpha value is -2.41. The van der Waals surface area contributed by atoms with E-state index >= 15 is 0 Å². The van der Waals surface area contributed by atoms with Gasteiger partial charge in [0, 0.05) is 5.56 Å². The summed E-state index contributed by atoms with van der Waals surface area (Å²) >= 11 is 0. The molecule has 1 aromatic carbocycles. The normalized spacial score (nSPS) is 11.6. The lowest BCUT2D eigenvalue weighted by Crippen LogP contribution is -2.43. The van der Waals surface area contributed by atoms with Crippen LogP contribution in [0, 0.1) is 5.41 Å². The molecule has 1 amide bonds. The molecule has 19 heavy (non-hydrogen) atoms. The summed E-state index contributed by atoms with van der Waals surface area (Å²) in [6, 6.07) is 5.96. The van der Waals surface area contributed by atoms with Crippen LogP contribution >= 0.6 is 0 Å². The molecule has 0 fully saturated rings. The maximum absolute atomic E-state index is 11.5. The first-order valence-electron chi connectivity index (χ1n) is 5.58. The molecule has 0 aliphatic heterocycles. The van der Waals surface area contributed by atoms with Crippen molar-refractivity contribution in [3.8, 4) is 0 Å². The van der Waals surface area contributed by atoms with Crippen molar-refractivity contribution in [1.29, 1.82) is 5.41 Å². The van der Waals surface area contributed by atoms with E-state index in [2.05, 4.69) is 5.32 Å². The number of carbonyl (C=O) groups is 2. The number of nitrogens with two attached hydrogens (primary N) is 2. The molecule has 1 unspecified atom stereocenters. The molecule has 1 aromatic rings. The SMILES string of the molecule is N=C(N)c1ccc(CC(N)C(=O)NCC(=O)O)cc1. The number of nitrogens with one attached hydrogen (secondary N) is 2. The fourth-order valence-electron chi connectivity index (χ4n) is 1.46. The van der Waals surface area contributed by atoms with Crippen LogP contribution in [0.4, 0.5) is 0 Å². The predicted octanol–water partition coefficient (Wildman–Crippen LogP) is -0.959. The van der Waals surface area contributed by atoms with E-state index in [1.807, 2.05) is 0 Å². The largest absolute Gasteiger partial charge is 0.480 e. The van der Waals surface area contributed by atoms with Gasteiger partial charge in [-0.1, -0.05) is 24.3 Å².